The van der Waals surface area contributed by atoms with Crippen molar-refractivity contribution in [2.24, 2.45) is 0 Å². The maximum absolute atomic E-state index is 2.40. The minimum absolute atomic E-state index is 1.36. The van der Waals surface area contributed by atoms with Gasteiger partial charge in [0.25, 0.3) is 0 Å². The van der Waals surface area contributed by atoms with E-state index in [1.165, 1.54) is 23.7 Å². The molecule has 0 spiro atoms. The summed E-state index contributed by atoms with van der Waals surface area (Å²) in [5.41, 5.74) is 4.25. The fraction of sp³-hybridized carbons (Fsp3) is 0.250. The Morgan fingerprint density at radius 3 is 2.36 bits per heavy atom. The lowest BCUT2D eigenvalue weighted by atomic mass is 9.87. The van der Waals surface area contributed by atoms with E-state index in [1.807, 2.05) is 0 Å². The molecule has 1 aromatic rings. The van der Waals surface area contributed by atoms with Gasteiger partial charge >= 0.3 is 0 Å². The van der Waals surface area contributed by atoms with E-state index in [0.29, 0.717) is 0 Å². The summed E-state index contributed by atoms with van der Waals surface area (Å²) in [6.45, 7) is 4.35. The zero-order valence-electron chi connectivity index (χ0n) is 6.83. The highest BCUT2D eigenvalue weighted by Crippen LogP contribution is 2.18. The molecule has 0 heterocycles. The largest absolute Gasteiger partial charge is 0.140 e. The van der Waals surface area contributed by atoms with Gasteiger partial charge in [0.2, 0.25) is 0 Å². The summed E-state index contributed by atoms with van der Waals surface area (Å²) >= 11 is 4.79. The van der Waals surface area contributed by atoms with Crippen LogP contribution >= 0.6 is 45.2 Å². The highest BCUT2D eigenvalue weighted by atomic mass is 127. The van der Waals surface area contributed by atoms with Crippen LogP contribution in [0.4, 0.5) is 0 Å². The quantitative estimate of drug-likeness (QED) is 0.483. The summed E-state index contributed by atoms with van der Waals surface area (Å²) in [6.07, 6.45) is 0. The summed E-state index contributed by atoms with van der Waals surface area (Å²) in [5, 5.41) is 0. The van der Waals surface area contributed by atoms with Crippen LogP contribution in [0, 0.1) is 21.0 Å². The van der Waals surface area contributed by atoms with E-state index in [-0.39, 0.29) is 0 Å². The van der Waals surface area contributed by atoms with Gasteiger partial charge in [0, 0.05) is 7.14 Å². The Hall–Kier alpha value is 0.745. The zero-order valence-corrected chi connectivity index (χ0v) is 11.1. The van der Waals surface area contributed by atoms with E-state index in [1.54, 1.807) is 0 Å². The first-order valence-corrected chi connectivity index (χ1v) is 5.61. The second-order valence-electron chi connectivity index (χ2n) is 2.74. The molecule has 0 aliphatic carbocycles. The van der Waals surface area contributed by atoms with Gasteiger partial charge in [-0.1, -0.05) is 11.0 Å². The van der Waals surface area contributed by atoms with E-state index in [2.05, 4.69) is 72.9 Å². The number of hydrogen-bond acceptors (Lipinski definition) is 0. The Bertz CT molecular complexity index is 268. The normalized spacial score (nSPS) is 10.2. The second kappa shape index (κ2) is 3.64. The third-order valence-electron chi connectivity index (χ3n) is 2.04. The number of hydrogen-bond donors (Lipinski definition) is 0. The number of benzene rings is 1. The molecule has 0 amide bonds. The Morgan fingerprint density at radius 2 is 1.82 bits per heavy atom. The summed E-state index contributed by atoms with van der Waals surface area (Å²) in [6, 6.07) is 2.24. The monoisotopic (exact) mass is 370 g/mol. The van der Waals surface area contributed by atoms with Crippen LogP contribution in [0.2, 0.25) is 0 Å². The molecule has 0 N–H and O–H groups in total. The number of halogens is 2. The fourth-order valence-corrected chi connectivity index (χ4v) is 2.43. The molecule has 0 atom stereocenters. The Labute approximate surface area is 95.8 Å². The highest BCUT2D eigenvalue weighted by Gasteiger charge is 2.04. The van der Waals surface area contributed by atoms with Gasteiger partial charge in [0.1, 0.15) is 7.85 Å². The van der Waals surface area contributed by atoms with Gasteiger partial charge in [0.15, 0.2) is 0 Å². The topological polar surface area (TPSA) is 0 Å². The molecule has 3 heteroatoms. The maximum Gasteiger partial charge on any atom is 0.140 e. The standard InChI is InChI=1S/C8H9BI2/c1-4-3-6(10)8(11)5(2)7(4)9/h3H,9H2,1-2H3. The Balaban J connectivity index is 3.46. The average Bonchev–Trinajstić information content (AvgIpc) is 1.97. The van der Waals surface area contributed by atoms with Crippen molar-refractivity contribution in [3.63, 3.8) is 0 Å². The van der Waals surface area contributed by atoms with Gasteiger partial charge in [-0.2, -0.15) is 0 Å². The third-order valence-corrected chi connectivity index (χ3v) is 5.31. The van der Waals surface area contributed by atoms with Gasteiger partial charge in [-0.25, -0.2) is 0 Å². The lowest BCUT2D eigenvalue weighted by Crippen LogP contribution is -2.14. The predicted molar refractivity (Wildman–Crippen MR) is 69.5 cm³/mol. The zero-order chi connectivity index (χ0) is 8.59. The molecule has 0 bridgehead atoms. The first kappa shape index (κ1) is 9.83. The first-order valence-electron chi connectivity index (χ1n) is 3.46. The SMILES string of the molecule is Bc1c(C)cc(I)c(I)c1C. The Kier molecular flexibility index (Phi) is 3.25. The molecule has 0 aliphatic heterocycles. The molecule has 0 saturated heterocycles. The van der Waals surface area contributed by atoms with Crippen molar-refractivity contribution in [3.05, 3.63) is 24.3 Å². The van der Waals surface area contributed by atoms with Crippen molar-refractivity contribution < 1.29 is 0 Å². The average molecular weight is 370 g/mol. The number of rotatable bonds is 0. The van der Waals surface area contributed by atoms with Crippen LogP contribution < -0.4 is 5.46 Å². The van der Waals surface area contributed by atoms with Crippen LogP contribution in [-0.2, 0) is 0 Å². The smallest absolute Gasteiger partial charge is 0.0821 e. The molecule has 0 saturated carbocycles. The molecular weight excluding hydrogens is 361 g/mol. The lowest BCUT2D eigenvalue weighted by molar-refractivity contribution is 1.37. The van der Waals surface area contributed by atoms with Crippen molar-refractivity contribution in [1.29, 1.82) is 0 Å². The second-order valence-corrected chi connectivity index (χ2v) is 4.98. The van der Waals surface area contributed by atoms with Crippen LogP contribution in [0.5, 0.6) is 0 Å². The van der Waals surface area contributed by atoms with Gasteiger partial charge < -0.3 is 0 Å². The predicted octanol–water partition coefficient (Wildman–Crippen LogP) is 1.77. The fourth-order valence-electron chi connectivity index (χ4n) is 1.00. The van der Waals surface area contributed by atoms with E-state index < -0.39 is 0 Å². The van der Waals surface area contributed by atoms with Crippen LogP contribution in [-0.4, -0.2) is 7.85 Å². The van der Waals surface area contributed by atoms with Crippen molar-refractivity contribution in [1.82, 2.24) is 0 Å². The molecule has 58 valence electrons. The molecular formula is C8H9BI2. The minimum Gasteiger partial charge on any atom is -0.0821 e. The molecule has 0 aromatic heterocycles. The van der Waals surface area contributed by atoms with Gasteiger partial charge in [-0.05, 0) is 70.7 Å². The molecule has 0 radical (unpaired) electrons. The molecule has 0 aliphatic rings. The van der Waals surface area contributed by atoms with E-state index >= 15 is 0 Å². The molecule has 11 heavy (non-hydrogen) atoms. The molecule has 0 unspecified atom stereocenters. The first-order chi connectivity index (χ1) is 5.04. The van der Waals surface area contributed by atoms with Crippen molar-refractivity contribution >= 4 is 58.5 Å². The van der Waals surface area contributed by atoms with E-state index in [9.17, 15) is 0 Å². The maximum atomic E-state index is 2.40. The lowest BCUT2D eigenvalue weighted by Gasteiger charge is -2.08. The number of aryl methyl sites for hydroxylation is 1. The van der Waals surface area contributed by atoms with Crippen LogP contribution in [0.3, 0.4) is 0 Å². The van der Waals surface area contributed by atoms with Gasteiger partial charge in [-0.15, -0.1) is 0 Å². The molecule has 0 fully saturated rings. The van der Waals surface area contributed by atoms with Crippen molar-refractivity contribution in [2.75, 3.05) is 0 Å². The Morgan fingerprint density at radius 1 is 1.27 bits per heavy atom. The third kappa shape index (κ3) is 1.91. The summed E-state index contributed by atoms with van der Waals surface area (Å²) in [5.74, 6) is 0. The van der Waals surface area contributed by atoms with E-state index in [4.69, 9.17) is 0 Å². The van der Waals surface area contributed by atoms with Gasteiger partial charge in [-0.3, -0.25) is 0 Å². The van der Waals surface area contributed by atoms with Crippen molar-refractivity contribution in [3.8, 4) is 0 Å². The summed E-state index contributed by atoms with van der Waals surface area (Å²) in [4.78, 5) is 0. The van der Waals surface area contributed by atoms with Crippen LogP contribution in [0.15, 0.2) is 6.07 Å². The molecule has 1 rings (SSSR count). The molecule has 1 aromatic carbocycles. The van der Waals surface area contributed by atoms with Gasteiger partial charge in [0.05, 0.1) is 0 Å². The molecule has 0 nitrogen and oxygen atoms in total. The summed E-state index contributed by atoms with van der Waals surface area (Å²) < 4.78 is 2.76. The highest BCUT2D eigenvalue weighted by molar-refractivity contribution is 14.1. The van der Waals surface area contributed by atoms with Crippen LogP contribution in [0.25, 0.3) is 0 Å². The minimum atomic E-state index is 1.36. The van der Waals surface area contributed by atoms with Crippen molar-refractivity contribution in [2.45, 2.75) is 13.8 Å². The summed E-state index contributed by atoms with van der Waals surface area (Å²) in [7, 11) is 2.18. The van der Waals surface area contributed by atoms with Crippen LogP contribution in [0.1, 0.15) is 11.1 Å². The van der Waals surface area contributed by atoms with E-state index in [0.717, 1.165) is 0 Å².